The van der Waals surface area contributed by atoms with Crippen molar-refractivity contribution in [3.63, 3.8) is 0 Å². The summed E-state index contributed by atoms with van der Waals surface area (Å²) in [4.78, 5) is 26.1. The first-order chi connectivity index (χ1) is 12.5. The lowest BCUT2D eigenvalue weighted by Crippen LogP contribution is -2.33. The number of nitrogens with zero attached hydrogens (tertiary/aromatic N) is 1. The van der Waals surface area contributed by atoms with Crippen LogP contribution in [0.2, 0.25) is 5.02 Å². The molecule has 0 atom stereocenters. The molecule has 1 fully saturated rings. The number of aromatic carboxylic acids is 1. The number of carboxylic acid groups (broad SMARTS) is 1. The number of anilines is 2. The number of carbonyl (C=O) groups excluding carboxylic acids is 1. The van der Waals surface area contributed by atoms with Crippen molar-refractivity contribution in [1.82, 2.24) is 0 Å². The van der Waals surface area contributed by atoms with E-state index in [9.17, 15) is 14.7 Å². The molecular formula is C18H19ClN2O4S. The van der Waals surface area contributed by atoms with Gasteiger partial charge in [-0.05, 0) is 18.2 Å². The average molecular weight is 395 g/mol. The zero-order valence-electron chi connectivity index (χ0n) is 14.3. The number of thioether (sulfide) groups is 1. The van der Waals surface area contributed by atoms with Gasteiger partial charge in [0.1, 0.15) is 11.3 Å². The lowest BCUT2D eigenvalue weighted by atomic mass is 10.2. The molecule has 1 aliphatic rings. The molecule has 0 unspecified atom stereocenters. The minimum atomic E-state index is -1.11. The van der Waals surface area contributed by atoms with Crippen LogP contribution in [0.1, 0.15) is 33.6 Å². The maximum absolute atomic E-state index is 12.6. The normalized spacial score (nSPS) is 14.3. The van der Waals surface area contributed by atoms with Crippen molar-refractivity contribution in [3.8, 4) is 0 Å². The summed E-state index contributed by atoms with van der Waals surface area (Å²) >= 11 is 8.00. The van der Waals surface area contributed by atoms with Crippen LogP contribution in [0.15, 0.2) is 28.7 Å². The Labute approximate surface area is 160 Å². The Morgan fingerprint density at radius 1 is 1.31 bits per heavy atom. The lowest BCUT2D eigenvalue weighted by Gasteiger charge is -2.30. The minimum Gasteiger partial charge on any atom is -0.478 e. The van der Waals surface area contributed by atoms with Crippen molar-refractivity contribution in [3.05, 3.63) is 46.4 Å². The summed E-state index contributed by atoms with van der Waals surface area (Å²) < 4.78 is 5.43. The molecule has 1 aromatic heterocycles. The van der Waals surface area contributed by atoms with Gasteiger partial charge in [0.15, 0.2) is 5.76 Å². The highest BCUT2D eigenvalue weighted by Gasteiger charge is 2.22. The van der Waals surface area contributed by atoms with Crippen LogP contribution in [-0.2, 0) is 6.42 Å². The Kier molecular flexibility index (Phi) is 5.78. The zero-order valence-corrected chi connectivity index (χ0v) is 15.8. The molecular weight excluding hydrogens is 376 g/mol. The number of hydrogen-bond acceptors (Lipinski definition) is 5. The van der Waals surface area contributed by atoms with E-state index in [0.717, 1.165) is 30.3 Å². The second kappa shape index (κ2) is 8.05. The van der Waals surface area contributed by atoms with Crippen LogP contribution in [-0.4, -0.2) is 41.6 Å². The first-order valence-corrected chi connectivity index (χ1v) is 9.82. The van der Waals surface area contributed by atoms with Crippen molar-refractivity contribution in [2.75, 3.05) is 34.8 Å². The predicted octanol–water partition coefficient (Wildman–Crippen LogP) is 4.00. The summed E-state index contributed by atoms with van der Waals surface area (Å²) in [7, 11) is 0. The quantitative estimate of drug-likeness (QED) is 0.797. The summed E-state index contributed by atoms with van der Waals surface area (Å²) in [6, 6.07) is 6.63. The molecule has 1 aromatic carbocycles. The van der Waals surface area contributed by atoms with Crippen LogP contribution in [0.4, 0.5) is 11.4 Å². The van der Waals surface area contributed by atoms with E-state index in [1.54, 1.807) is 19.1 Å². The van der Waals surface area contributed by atoms with Gasteiger partial charge in [-0.1, -0.05) is 18.5 Å². The molecule has 0 radical (unpaired) electrons. The third kappa shape index (κ3) is 3.99. The smallest absolute Gasteiger partial charge is 0.339 e. The van der Waals surface area contributed by atoms with Gasteiger partial charge in [-0.15, -0.1) is 0 Å². The van der Waals surface area contributed by atoms with Crippen LogP contribution >= 0.6 is 23.4 Å². The second-order valence-electron chi connectivity index (χ2n) is 5.82. The minimum absolute atomic E-state index is 0.0111. The Morgan fingerprint density at radius 3 is 2.65 bits per heavy atom. The summed E-state index contributed by atoms with van der Waals surface area (Å²) in [5, 5.41) is 12.5. The first kappa shape index (κ1) is 18.7. The van der Waals surface area contributed by atoms with E-state index in [4.69, 9.17) is 16.0 Å². The Hall–Kier alpha value is -2.12. The molecule has 2 heterocycles. The monoisotopic (exact) mass is 394 g/mol. The fraction of sp³-hybridized carbons (Fsp3) is 0.333. The molecule has 0 aliphatic carbocycles. The largest absolute Gasteiger partial charge is 0.478 e. The van der Waals surface area contributed by atoms with E-state index in [2.05, 4.69) is 10.2 Å². The van der Waals surface area contributed by atoms with Gasteiger partial charge >= 0.3 is 5.97 Å². The fourth-order valence-electron chi connectivity index (χ4n) is 2.86. The van der Waals surface area contributed by atoms with Gasteiger partial charge in [0.25, 0.3) is 5.91 Å². The van der Waals surface area contributed by atoms with Crippen LogP contribution in [0.3, 0.4) is 0 Å². The van der Waals surface area contributed by atoms with Crippen molar-refractivity contribution in [2.24, 2.45) is 0 Å². The Morgan fingerprint density at radius 2 is 2.04 bits per heavy atom. The molecule has 2 aromatic rings. The van der Waals surface area contributed by atoms with Crippen LogP contribution in [0.5, 0.6) is 0 Å². The van der Waals surface area contributed by atoms with Gasteiger partial charge in [0.2, 0.25) is 0 Å². The van der Waals surface area contributed by atoms with Gasteiger partial charge in [-0.3, -0.25) is 4.79 Å². The number of carboxylic acids is 1. The Bertz CT molecular complexity index is 831. The number of halogens is 1. The van der Waals surface area contributed by atoms with Gasteiger partial charge in [-0.2, -0.15) is 11.8 Å². The average Bonchev–Trinajstić information content (AvgIpc) is 3.07. The molecule has 1 saturated heterocycles. The highest BCUT2D eigenvalue weighted by atomic mass is 35.5. The number of hydrogen-bond donors (Lipinski definition) is 2. The summed E-state index contributed by atoms with van der Waals surface area (Å²) in [5.41, 5.74) is 1.49. The number of carbonyl (C=O) groups is 2. The van der Waals surface area contributed by atoms with Gasteiger partial charge in [0, 0.05) is 42.1 Å². The fourth-order valence-corrected chi connectivity index (χ4v) is 3.93. The number of amides is 1. The van der Waals surface area contributed by atoms with E-state index < -0.39 is 11.9 Å². The summed E-state index contributed by atoms with van der Waals surface area (Å²) in [6.45, 7) is 3.55. The van der Waals surface area contributed by atoms with Crippen LogP contribution in [0.25, 0.3) is 0 Å². The maximum Gasteiger partial charge on any atom is 0.339 e. The standard InChI is InChI=1S/C18H19ClN2O4S/c1-2-15-12(18(23)24)10-16(25-15)17(22)20-13-9-11(19)3-4-14(13)21-5-7-26-8-6-21/h3-4,9-10H,2,5-8H2,1H3,(H,20,22)(H,23,24). The van der Waals surface area contributed by atoms with Crippen molar-refractivity contribution >= 4 is 46.6 Å². The Balaban J connectivity index is 1.87. The third-order valence-electron chi connectivity index (χ3n) is 4.14. The van der Waals surface area contributed by atoms with E-state index in [1.165, 1.54) is 6.07 Å². The van der Waals surface area contributed by atoms with Crippen molar-refractivity contribution in [2.45, 2.75) is 13.3 Å². The maximum atomic E-state index is 12.6. The van der Waals surface area contributed by atoms with E-state index >= 15 is 0 Å². The molecule has 6 nitrogen and oxygen atoms in total. The summed E-state index contributed by atoms with van der Waals surface area (Å²) in [6.07, 6.45) is 0.392. The highest BCUT2D eigenvalue weighted by molar-refractivity contribution is 7.99. The summed E-state index contributed by atoms with van der Waals surface area (Å²) in [5.74, 6) is 0.689. The lowest BCUT2D eigenvalue weighted by molar-refractivity contribution is 0.0694. The molecule has 26 heavy (non-hydrogen) atoms. The molecule has 0 bridgehead atoms. The molecule has 0 saturated carbocycles. The van der Waals surface area contributed by atoms with Crippen molar-refractivity contribution < 1.29 is 19.1 Å². The van der Waals surface area contributed by atoms with E-state index in [0.29, 0.717) is 17.1 Å². The van der Waals surface area contributed by atoms with Crippen molar-refractivity contribution in [1.29, 1.82) is 0 Å². The van der Waals surface area contributed by atoms with Gasteiger partial charge < -0.3 is 19.7 Å². The van der Waals surface area contributed by atoms with Gasteiger partial charge in [-0.25, -0.2) is 4.79 Å². The second-order valence-corrected chi connectivity index (χ2v) is 7.48. The molecule has 2 N–H and O–H groups in total. The molecule has 3 rings (SSSR count). The molecule has 1 amide bonds. The third-order valence-corrected chi connectivity index (χ3v) is 5.32. The van der Waals surface area contributed by atoms with E-state index in [-0.39, 0.29) is 17.1 Å². The molecule has 1 aliphatic heterocycles. The molecule has 8 heteroatoms. The number of nitrogens with one attached hydrogen (secondary N) is 1. The first-order valence-electron chi connectivity index (χ1n) is 8.29. The SMILES string of the molecule is CCc1oc(C(=O)Nc2cc(Cl)ccc2N2CCSCC2)cc1C(=O)O. The molecule has 0 spiro atoms. The van der Waals surface area contributed by atoms with Gasteiger partial charge in [0.05, 0.1) is 11.4 Å². The number of rotatable bonds is 5. The number of aryl methyl sites for hydroxylation is 1. The van der Waals surface area contributed by atoms with E-state index in [1.807, 2.05) is 17.8 Å². The predicted molar refractivity (Wildman–Crippen MR) is 104 cm³/mol. The zero-order chi connectivity index (χ0) is 18.7. The van der Waals surface area contributed by atoms with Crippen LogP contribution in [0, 0.1) is 0 Å². The number of benzene rings is 1. The number of furan rings is 1. The highest BCUT2D eigenvalue weighted by Crippen LogP contribution is 2.31. The molecule has 138 valence electrons. The van der Waals surface area contributed by atoms with Crippen LogP contribution < -0.4 is 10.2 Å². The topological polar surface area (TPSA) is 82.8 Å².